The highest BCUT2D eigenvalue weighted by Crippen LogP contribution is 2.38. The Morgan fingerprint density at radius 2 is 2.11 bits per heavy atom. The van der Waals surface area contributed by atoms with Gasteiger partial charge in [0.05, 0.1) is 16.6 Å². The molecule has 2 N–H and O–H groups in total. The number of thioether (sulfide) groups is 1. The Hall–Kier alpha value is -2.32. The van der Waals surface area contributed by atoms with Crippen LogP contribution in [0.1, 0.15) is 28.5 Å². The summed E-state index contributed by atoms with van der Waals surface area (Å²) in [5.74, 6) is 0.690. The normalized spacial score (nSPS) is 21.7. The average Bonchev–Trinajstić information content (AvgIpc) is 3.08. The van der Waals surface area contributed by atoms with E-state index in [0.29, 0.717) is 17.5 Å². The van der Waals surface area contributed by atoms with E-state index in [2.05, 4.69) is 55.5 Å². The molecule has 0 bridgehead atoms. The van der Waals surface area contributed by atoms with Gasteiger partial charge in [0.25, 0.3) is 5.91 Å². The van der Waals surface area contributed by atoms with Gasteiger partial charge >= 0.3 is 0 Å². The monoisotopic (exact) mass is 396 g/mol. The van der Waals surface area contributed by atoms with E-state index in [9.17, 15) is 4.79 Å². The van der Waals surface area contributed by atoms with Gasteiger partial charge in [-0.15, -0.1) is 0 Å². The minimum Gasteiger partial charge on any atom is -0.372 e. The van der Waals surface area contributed by atoms with Crippen LogP contribution in [0.25, 0.3) is 0 Å². The lowest BCUT2D eigenvalue weighted by molar-refractivity contribution is 0.0944. The molecule has 1 aromatic heterocycles. The number of fused-ring (bicyclic) bond motifs is 2. The summed E-state index contributed by atoms with van der Waals surface area (Å²) in [5.41, 5.74) is 4.10. The average molecular weight is 397 g/mol. The largest absolute Gasteiger partial charge is 0.372 e. The Morgan fingerprint density at radius 1 is 1.25 bits per heavy atom. The van der Waals surface area contributed by atoms with Crippen molar-refractivity contribution in [1.29, 1.82) is 0 Å². The van der Waals surface area contributed by atoms with Crippen LogP contribution in [0.4, 0.5) is 11.6 Å². The van der Waals surface area contributed by atoms with Crippen LogP contribution >= 0.6 is 11.8 Å². The fourth-order valence-electron chi connectivity index (χ4n) is 4.02. The number of carbonyl (C=O) groups is 1. The predicted molar refractivity (Wildman–Crippen MR) is 111 cm³/mol. The summed E-state index contributed by atoms with van der Waals surface area (Å²) >= 11 is 1.88. The Bertz CT molecular complexity index is 912. The summed E-state index contributed by atoms with van der Waals surface area (Å²) in [6, 6.07) is 6.77. The summed E-state index contributed by atoms with van der Waals surface area (Å²) in [4.78, 5) is 27.0. The maximum Gasteiger partial charge on any atom is 0.254 e. The molecule has 1 unspecified atom stereocenters. The van der Waals surface area contributed by atoms with E-state index < -0.39 is 0 Å². The van der Waals surface area contributed by atoms with Crippen molar-refractivity contribution in [3.63, 3.8) is 0 Å². The summed E-state index contributed by atoms with van der Waals surface area (Å²) in [5, 5.41) is 6.82. The van der Waals surface area contributed by atoms with Gasteiger partial charge < -0.3 is 15.5 Å². The number of hydrogen-bond acceptors (Lipinski definition) is 7. The number of aromatic nitrogens is 2. The van der Waals surface area contributed by atoms with E-state index in [4.69, 9.17) is 0 Å². The number of piperazine rings is 1. The Balaban J connectivity index is 1.21. The van der Waals surface area contributed by atoms with E-state index in [1.807, 2.05) is 11.8 Å². The predicted octanol–water partition coefficient (Wildman–Crippen LogP) is 1.95. The number of nitrogens with zero attached hydrogens (tertiary/aromatic N) is 4. The Kier molecular flexibility index (Phi) is 4.60. The SMILES string of the molecule is CC1Nc2cc(CN3CCN(c4ncc5c(n4)CCNC5=O)CC3)ccc2S1. The van der Waals surface area contributed by atoms with Crippen molar-refractivity contribution in [3.8, 4) is 0 Å². The van der Waals surface area contributed by atoms with Gasteiger partial charge in [-0.2, -0.15) is 0 Å². The van der Waals surface area contributed by atoms with E-state index in [1.54, 1.807) is 6.20 Å². The molecule has 5 rings (SSSR count). The molecule has 1 saturated heterocycles. The zero-order chi connectivity index (χ0) is 19.1. The van der Waals surface area contributed by atoms with Crippen LogP contribution in [0.15, 0.2) is 29.3 Å². The van der Waals surface area contributed by atoms with Gasteiger partial charge in [-0.05, 0) is 24.6 Å². The van der Waals surface area contributed by atoms with Gasteiger partial charge in [0.2, 0.25) is 5.95 Å². The quantitative estimate of drug-likeness (QED) is 0.821. The third kappa shape index (κ3) is 3.42. The molecule has 4 heterocycles. The van der Waals surface area contributed by atoms with E-state index in [0.717, 1.165) is 50.8 Å². The molecule has 3 aliphatic heterocycles. The summed E-state index contributed by atoms with van der Waals surface area (Å²) in [6.07, 6.45) is 2.45. The standard InChI is InChI=1S/C20H24N6OS/c1-13-23-17-10-14(2-3-18(17)28-13)12-25-6-8-26(9-7-25)20-22-11-15-16(24-20)4-5-21-19(15)27/h2-3,10-11,13,23H,4-9,12H2,1H3,(H,21,27). The topological polar surface area (TPSA) is 73.4 Å². The van der Waals surface area contributed by atoms with Gasteiger partial charge in [-0.1, -0.05) is 17.8 Å². The number of rotatable bonds is 3. The second-order valence-corrected chi connectivity index (χ2v) is 8.92. The lowest BCUT2D eigenvalue weighted by Gasteiger charge is -2.35. The molecular weight excluding hydrogens is 372 g/mol. The molecule has 146 valence electrons. The molecule has 2 aromatic rings. The van der Waals surface area contributed by atoms with Crippen molar-refractivity contribution in [2.75, 3.05) is 42.9 Å². The molecule has 28 heavy (non-hydrogen) atoms. The van der Waals surface area contributed by atoms with Crippen molar-refractivity contribution in [2.45, 2.75) is 30.2 Å². The van der Waals surface area contributed by atoms with E-state index in [-0.39, 0.29) is 5.91 Å². The number of hydrogen-bond donors (Lipinski definition) is 2. The van der Waals surface area contributed by atoms with Crippen molar-refractivity contribution < 1.29 is 4.79 Å². The smallest absolute Gasteiger partial charge is 0.254 e. The molecule has 8 heteroatoms. The fraction of sp³-hybridized carbons (Fsp3) is 0.450. The first-order valence-electron chi connectivity index (χ1n) is 9.83. The van der Waals surface area contributed by atoms with Crippen LogP contribution in [0.3, 0.4) is 0 Å². The molecule has 0 saturated carbocycles. The zero-order valence-electron chi connectivity index (χ0n) is 15.9. The number of anilines is 2. The molecule has 3 aliphatic rings. The maximum absolute atomic E-state index is 11.9. The number of nitrogens with one attached hydrogen (secondary N) is 2. The minimum atomic E-state index is -0.0609. The van der Waals surface area contributed by atoms with Crippen molar-refractivity contribution >= 4 is 29.3 Å². The van der Waals surface area contributed by atoms with Gasteiger partial charge in [0, 0.05) is 62.5 Å². The van der Waals surface area contributed by atoms with E-state index >= 15 is 0 Å². The summed E-state index contributed by atoms with van der Waals surface area (Å²) < 4.78 is 0. The second kappa shape index (κ2) is 7.25. The van der Waals surface area contributed by atoms with E-state index in [1.165, 1.54) is 16.1 Å². The van der Waals surface area contributed by atoms with Crippen LogP contribution in [0, 0.1) is 0 Å². The lowest BCUT2D eigenvalue weighted by atomic mass is 10.1. The molecule has 1 atom stereocenters. The van der Waals surface area contributed by atoms with Crippen LogP contribution in [0.2, 0.25) is 0 Å². The first-order valence-corrected chi connectivity index (χ1v) is 10.7. The van der Waals surface area contributed by atoms with Gasteiger partial charge in [0.15, 0.2) is 0 Å². The van der Waals surface area contributed by atoms with Crippen LogP contribution < -0.4 is 15.5 Å². The van der Waals surface area contributed by atoms with Gasteiger partial charge in [0.1, 0.15) is 0 Å². The van der Waals surface area contributed by atoms with Gasteiger partial charge in [-0.25, -0.2) is 9.97 Å². The molecule has 1 fully saturated rings. The first-order chi connectivity index (χ1) is 13.7. The molecule has 7 nitrogen and oxygen atoms in total. The highest BCUT2D eigenvalue weighted by atomic mass is 32.2. The maximum atomic E-state index is 11.9. The molecule has 1 aromatic carbocycles. The Morgan fingerprint density at radius 3 is 2.96 bits per heavy atom. The van der Waals surface area contributed by atoms with Crippen molar-refractivity contribution in [2.24, 2.45) is 0 Å². The molecular formula is C20H24N6OS. The fourth-order valence-corrected chi connectivity index (χ4v) is 4.98. The number of carbonyl (C=O) groups excluding carboxylic acids is 1. The molecule has 0 radical (unpaired) electrons. The van der Waals surface area contributed by atoms with Crippen LogP contribution in [-0.4, -0.2) is 58.9 Å². The van der Waals surface area contributed by atoms with Crippen molar-refractivity contribution in [3.05, 3.63) is 41.2 Å². The first kappa shape index (κ1) is 17.8. The third-order valence-corrected chi connectivity index (χ3v) is 6.60. The second-order valence-electron chi connectivity index (χ2n) is 7.53. The third-order valence-electron chi connectivity index (χ3n) is 5.51. The Labute approximate surface area is 168 Å². The minimum absolute atomic E-state index is 0.0609. The molecule has 1 amide bonds. The summed E-state index contributed by atoms with van der Waals surface area (Å²) in [6.45, 7) is 7.59. The molecule has 0 aliphatic carbocycles. The van der Waals surface area contributed by atoms with Crippen LogP contribution in [-0.2, 0) is 13.0 Å². The number of benzene rings is 1. The number of amides is 1. The van der Waals surface area contributed by atoms with Crippen molar-refractivity contribution in [1.82, 2.24) is 20.2 Å². The lowest BCUT2D eigenvalue weighted by Crippen LogP contribution is -2.46. The summed E-state index contributed by atoms with van der Waals surface area (Å²) in [7, 11) is 0. The molecule has 0 spiro atoms. The van der Waals surface area contributed by atoms with Crippen LogP contribution in [0.5, 0.6) is 0 Å². The highest BCUT2D eigenvalue weighted by Gasteiger charge is 2.24. The highest BCUT2D eigenvalue weighted by molar-refractivity contribution is 8.00. The zero-order valence-corrected chi connectivity index (χ0v) is 16.8. The van der Waals surface area contributed by atoms with Gasteiger partial charge in [-0.3, -0.25) is 9.69 Å².